The van der Waals surface area contributed by atoms with E-state index in [1.807, 2.05) is 53.5 Å². The minimum atomic E-state index is -0.394. The van der Waals surface area contributed by atoms with Crippen LogP contribution in [0.1, 0.15) is 41.5 Å². The third-order valence-corrected chi connectivity index (χ3v) is 2.80. The van der Waals surface area contributed by atoms with E-state index in [1.54, 1.807) is 0 Å². The first-order valence-electron chi connectivity index (χ1n) is 5.67. The van der Waals surface area contributed by atoms with Gasteiger partial charge in [0, 0.05) is 11.1 Å². The van der Waals surface area contributed by atoms with Crippen LogP contribution in [0.25, 0.3) is 0 Å². The Bertz CT molecular complexity index is 244. The second-order valence-corrected chi connectivity index (χ2v) is 6.00. The maximum atomic E-state index is 11.9. The van der Waals surface area contributed by atoms with Crippen LogP contribution in [0.3, 0.4) is 0 Å². The van der Waals surface area contributed by atoms with E-state index in [0.717, 1.165) is 0 Å². The van der Waals surface area contributed by atoms with E-state index in [0.29, 0.717) is 0 Å². The van der Waals surface area contributed by atoms with Crippen molar-refractivity contribution in [1.82, 2.24) is 10.2 Å². The predicted octanol–water partition coefficient (Wildman–Crippen LogP) is 0.992. The van der Waals surface area contributed by atoms with E-state index < -0.39 is 5.54 Å². The normalized spacial score (nSPS) is 15.1. The molecule has 0 radical (unpaired) electrons. The molecule has 0 heterocycles. The zero-order valence-corrected chi connectivity index (χ0v) is 11.6. The molecule has 0 saturated carbocycles. The van der Waals surface area contributed by atoms with Crippen LogP contribution >= 0.6 is 0 Å². The minimum Gasteiger partial charge on any atom is -0.394 e. The van der Waals surface area contributed by atoms with E-state index in [-0.39, 0.29) is 24.1 Å². The van der Waals surface area contributed by atoms with Gasteiger partial charge in [0.05, 0.1) is 12.6 Å². The first kappa shape index (κ1) is 15.4. The van der Waals surface area contributed by atoms with Gasteiger partial charge in [0.2, 0.25) is 5.91 Å². The van der Waals surface area contributed by atoms with Crippen molar-refractivity contribution in [1.29, 1.82) is 0 Å². The molecule has 0 aromatic carbocycles. The second-order valence-electron chi connectivity index (χ2n) is 6.00. The quantitative estimate of drug-likeness (QED) is 0.757. The predicted molar refractivity (Wildman–Crippen MR) is 66.3 cm³/mol. The van der Waals surface area contributed by atoms with E-state index in [9.17, 15) is 9.90 Å². The van der Waals surface area contributed by atoms with Gasteiger partial charge in [-0.3, -0.25) is 9.69 Å². The Morgan fingerprint density at radius 2 is 1.75 bits per heavy atom. The standard InChI is InChI=1S/C12H26N2O2/c1-9(10(16)13-11(2,3)4)14(7)12(5,6)8-15/h9,15H,8H2,1-7H3,(H,13,16). The first-order valence-corrected chi connectivity index (χ1v) is 5.67. The van der Waals surface area contributed by atoms with E-state index in [2.05, 4.69) is 5.32 Å². The molecular weight excluding hydrogens is 204 g/mol. The van der Waals surface area contributed by atoms with E-state index >= 15 is 0 Å². The molecule has 0 aliphatic rings. The van der Waals surface area contributed by atoms with Crippen LogP contribution in [0.5, 0.6) is 0 Å². The summed E-state index contributed by atoms with van der Waals surface area (Å²) in [6.07, 6.45) is 0. The molecule has 0 fully saturated rings. The molecule has 0 saturated heterocycles. The molecule has 0 aromatic heterocycles. The van der Waals surface area contributed by atoms with Crippen molar-refractivity contribution >= 4 is 5.91 Å². The third-order valence-electron chi connectivity index (χ3n) is 2.80. The fourth-order valence-corrected chi connectivity index (χ4v) is 1.29. The van der Waals surface area contributed by atoms with Crippen LogP contribution in [-0.2, 0) is 4.79 Å². The number of likely N-dealkylation sites (N-methyl/N-ethyl adjacent to an activating group) is 1. The van der Waals surface area contributed by atoms with Crippen LogP contribution < -0.4 is 5.32 Å². The molecule has 1 unspecified atom stereocenters. The number of hydrogen-bond donors (Lipinski definition) is 2. The average Bonchev–Trinajstić information content (AvgIpc) is 2.12. The maximum absolute atomic E-state index is 11.9. The summed E-state index contributed by atoms with van der Waals surface area (Å²) in [6, 6.07) is -0.263. The minimum absolute atomic E-state index is 0.0171. The van der Waals surface area contributed by atoms with Gasteiger partial charge in [0.15, 0.2) is 0 Å². The highest BCUT2D eigenvalue weighted by Crippen LogP contribution is 2.15. The highest BCUT2D eigenvalue weighted by atomic mass is 16.3. The van der Waals surface area contributed by atoms with Crippen LogP contribution in [0.15, 0.2) is 0 Å². The molecule has 96 valence electrons. The number of aliphatic hydroxyl groups is 1. The lowest BCUT2D eigenvalue weighted by Crippen LogP contribution is -2.56. The van der Waals surface area contributed by atoms with Crippen molar-refractivity contribution < 1.29 is 9.90 Å². The van der Waals surface area contributed by atoms with Crippen LogP contribution in [-0.4, -0.2) is 46.7 Å². The van der Waals surface area contributed by atoms with Crippen molar-refractivity contribution in [2.24, 2.45) is 0 Å². The smallest absolute Gasteiger partial charge is 0.237 e. The lowest BCUT2D eigenvalue weighted by atomic mass is 10.0. The van der Waals surface area contributed by atoms with Gasteiger partial charge >= 0.3 is 0 Å². The number of carbonyl (C=O) groups excluding carboxylic acids is 1. The topological polar surface area (TPSA) is 52.6 Å². The molecule has 4 heteroatoms. The summed E-state index contributed by atoms with van der Waals surface area (Å²) in [6.45, 7) is 11.6. The van der Waals surface area contributed by atoms with Gasteiger partial charge in [-0.25, -0.2) is 0 Å². The Labute approximate surface area is 99.0 Å². The Kier molecular flexibility index (Phi) is 4.95. The Morgan fingerprint density at radius 1 is 1.31 bits per heavy atom. The van der Waals surface area contributed by atoms with Crippen molar-refractivity contribution in [2.75, 3.05) is 13.7 Å². The number of hydrogen-bond acceptors (Lipinski definition) is 3. The monoisotopic (exact) mass is 230 g/mol. The molecule has 0 rings (SSSR count). The van der Waals surface area contributed by atoms with Crippen molar-refractivity contribution in [3.05, 3.63) is 0 Å². The van der Waals surface area contributed by atoms with Crippen molar-refractivity contribution in [3.63, 3.8) is 0 Å². The van der Waals surface area contributed by atoms with Gasteiger partial charge in [-0.15, -0.1) is 0 Å². The molecule has 1 amide bonds. The van der Waals surface area contributed by atoms with Gasteiger partial charge in [-0.2, -0.15) is 0 Å². The Balaban J connectivity index is 4.56. The lowest BCUT2D eigenvalue weighted by molar-refractivity contribution is -0.129. The molecule has 16 heavy (non-hydrogen) atoms. The van der Waals surface area contributed by atoms with Gasteiger partial charge in [0.1, 0.15) is 0 Å². The second kappa shape index (κ2) is 5.15. The maximum Gasteiger partial charge on any atom is 0.237 e. The van der Waals surface area contributed by atoms with E-state index in [1.165, 1.54) is 0 Å². The number of carbonyl (C=O) groups is 1. The fraction of sp³-hybridized carbons (Fsp3) is 0.917. The van der Waals surface area contributed by atoms with Gasteiger partial charge in [0.25, 0.3) is 0 Å². The SMILES string of the molecule is CC(C(=O)NC(C)(C)C)N(C)C(C)(C)CO. The first-order chi connectivity index (χ1) is 7.01. The van der Waals surface area contributed by atoms with Gasteiger partial charge in [-0.05, 0) is 48.6 Å². The summed E-state index contributed by atoms with van der Waals surface area (Å²) in [7, 11) is 1.85. The summed E-state index contributed by atoms with van der Waals surface area (Å²) >= 11 is 0. The largest absolute Gasteiger partial charge is 0.394 e. The highest BCUT2D eigenvalue weighted by molar-refractivity contribution is 5.82. The lowest BCUT2D eigenvalue weighted by Gasteiger charge is -2.38. The number of amides is 1. The molecule has 0 bridgehead atoms. The zero-order chi connectivity index (χ0) is 13.1. The summed E-state index contributed by atoms with van der Waals surface area (Å²) in [5.41, 5.74) is -0.621. The summed E-state index contributed by atoms with van der Waals surface area (Å²) in [5, 5.41) is 12.2. The zero-order valence-electron chi connectivity index (χ0n) is 11.6. The molecule has 0 aliphatic heterocycles. The van der Waals surface area contributed by atoms with Gasteiger partial charge in [-0.1, -0.05) is 0 Å². The van der Waals surface area contributed by atoms with Crippen LogP contribution in [0.2, 0.25) is 0 Å². The number of nitrogens with zero attached hydrogens (tertiary/aromatic N) is 1. The fourth-order valence-electron chi connectivity index (χ4n) is 1.29. The molecular formula is C12H26N2O2. The highest BCUT2D eigenvalue weighted by Gasteiger charge is 2.31. The number of aliphatic hydroxyl groups excluding tert-OH is 1. The summed E-state index contributed by atoms with van der Waals surface area (Å²) in [5.74, 6) is -0.0171. The van der Waals surface area contributed by atoms with Crippen molar-refractivity contribution in [2.45, 2.75) is 58.7 Å². The summed E-state index contributed by atoms with van der Waals surface area (Å²) in [4.78, 5) is 13.8. The number of nitrogens with one attached hydrogen (secondary N) is 1. The van der Waals surface area contributed by atoms with Gasteiger partial charge < -0.3 is 10.4 Å². The average molecular weight is 230 g/mol. The number of rotatable bonds is 4. The molecule has 0 aromatic rings. The third kappa shape index (κ3) is 4.49. The van der Waals surface area contributed by atoms with Crippen LogP contribution in [0, 0.1) is 0 Å². The molecule has 4 nitrogen and oxygen atoms in total. The van der Waals surface area contributed by atoms with Crippen LogP contribution in [0.4, 0.5) is 0 Å². The van der Waals surface area contributed by atoms with E-state index in [4.69, 9.17) is 0 Å². The Hall–Kier alpha value is -0.610. The summed E-state index contributed by atoms with van der Waals surface area (Å²) < 4.78 is 0. The van der Waals surface area contributed by atoms with Crippen molar-refractivity contribution in [3.8, 4) is 0 Å². The molecule has 1 atom stereocenters. The molecule has 2 N–H and O–H groups in total. The molecule has 0 spiro atoms. The molecule has 0 aliphatic carbocycles. The Morgan fingerprint density at radius 3 is 2.06 bits per heavy atom.